The highest BCUT2D eigenvalue weighted by molar-refractivity contribution is 7.89. The van der Waals surface area contributed by atoms with Crippen molar-refractivity contribution in [2.45, 2.75) is 77.1 Å². The predicted molar refractivity (Wildman–Crippen MR) is 188 cm³/mol. The Labute approximate surface area is 287 Å². The monoisotopic (exact) mass is 700 g/mol. The zero-order chi connectivity index (χ0) is 35.4. The predicted octanol–water partition coefficient (Wildman–Crippen LogP) is 4.25. The molecule has 2 aromatic carbocycles. The first kappa shape index (κ1) is 38.6. The molecule has 262 valence electrons. The summed E-state index contributed by atoms with van der Waals surface area (Å²) in [6.07, 6.45) is 0.718. The number of oxime groups is 1. The van der Waals surface area contributed by atoms with Gasteiger partial charge >= 0.3 is 6.03 Å². The number of aromatic nitrogens is 1. The first-order valence-corrected chi connectivity index (χ1v) is 18.3. The molecule has 0 aliphatic heterocycles. The molecule has 12 nitrogen and oxygen atoms in total. The average Bonchev–Trinajstić information content (AvgIpc) is 3.46. The largest absolute Gasteiger partial charge is 0.411 e. The molecular weight excluding hydrogens is 653 g/mol. The second kappa shape index (κ2) is 18.1. The van der Waals surface area contributed by atoms with E-state index in [1.807, 2.05) is 70.3 Å². The van der Waals surface area contributed by atoms with E-state index in [-0.39, 0.29) is 42.8 Å². The summed E-state index contributed by atoms with van der Waals surface area (Å²) in [5, 5.41) is 32.1. The van der Waals surface area contributed by atoms with Crippen LogP contribution in [-0.2, 0) is 27.8 Å². The van der Waals surface area contributed by atoms with Crippen molar-refractivity contribution in [3.05, 3.63) is 81.8 Å². The zero-order valence-electron chi connectivity index (χ0n) is 28.4. The van der Waals surface area contributed by atoms with Gasteiger partial charge in [0.25, 0.3) is 0 Å². The van der Waals surface area contributed by atoms with Crippen molar-refractivity contribution in [3.63, 3.8) is 0 Å². The summed E-state index contributed by atoms with van der Waals surface area (Å²) in [4.78, 5) is 33.0. The minimum atomic E-state index is -4.05. The van der Waals surface area contributed by atoms with Crippen LogP contribution in [0.2, 0.25) is 0 Å². The Kier molecular flexibility index (Phi) is 14.5. The maximum absolute atomic E-state index is 13.9. The number of benzene rings is 2. The number of hydrogen-bond acceptors (Lipinski definition) is 9. The third-order valence-corrected chi connectivity index (χ3v) is 10.6. The SMILES string of the molecule is CC[C@H](C)[C@H](NC(=O)N(C)Cc1csc(C)n1)C(=O)N[C@@H](Cc1ccccc1)[C@H](O)CN(CC(C)C)S(=O)(=O)c1ccc(C=NO)cc1. The highest BCUT2D eigenvalue weighted by Crippen LogP contribution is 2.20. The summed E-state index contributed by atoms with van der Waals surface area (Å²) in [5.74, 6) is -0.782. The van der Waals surface area contributed by atoms with Gasteiger partial charge in [-0.3, -0.25) is 4.79 Å². The molecule has 14 heteroatoms. The number of urea groups is 1. The van der Waals surface area contributed by atoms with Crippen molar-refractivity contribution in [1.29, 1.82) is 0 Å². The fraction of sp³-hybridized carbons (Fsp3) is 0.471. The van der Waals surface area contributed by atoms with Gasteiger partial charge in [0.2, 0.25) is 15.9 Å². The van der Waals surface area contributed by atoms with Crippen LogP contribution in [0, 0.1) is 18.8 Å². The van der Waals surface area contributed by atoms with Gasteiger partial charge in [0.1, 0.15) is 6.04 Å². The van der Waals surface area contributed by atoms with Crippen LogP contribution in [0.1, 0.15) is 55.9 Å². The van der Waals surface area contributed by atoms with E-state index in [0.717, 1.165) is 16.3 Å². The number of aryl methyl sites for hydroxylation is 1. The molecule has 0 saturated heterocycles. The van der Waals surface area contributed by atoms with Crippen molar-refractivity contribution in [2.75, 3.05) is 20.1 Å². The Morgan fingerprint density at radius 3 is 2.27 bits per heavy atom. The van der Waals surface area contributed by atoms with E-state index in [2.05, 4.69) is 20.8 Å². The van der Waals surface area contributed by atoms with E-state index in [1.165, 1.54) is 51.0 Å². The summed E-state index contributed by atoms with van der Waals surface area (Å²) in [6.45, 7) is 9.56. The van der Waals surface area contributed by atoms with Gasteiger partial charge in [-0.2, -0.15) is 4.31 Å². The van der Waals surface area contributed by atoms with Gasteiger partial charge in [-0.15, -0.1) is 11.3 Å². The number of nitrogens with one attached hydrogen (secondary N) is 2. The van der Waals surface area contributed by atoms with Gasteiger partial charge < -0.3 is 25.8 Å². The summed E-state index contributed by atoms with van der Waals surface area (Å²) in [5.41, 5.74) is 2.11. The Bertz CT molecular complexity index is 1600. The van der Waals surface area contributed by atoms with E-state index in [0.29, 0.717) is 12.0 Å². The van der Waals surface area contributed by atoms with Gasteiger partial charge in [-0.25, -0.2) is 18.2 Å². The van der Waals surface area contributed by atoms with Crippen molar-refractivity contribution in [1.82, 2.24) is 24.8 Å². The molecule has 0 unspecified atom stereocenters. The number of hydrogen-bond donors (Lipinski definition) is 4. The lowest BCUT2D eigenvalue weighted by Crippen LogP contribution is -2.58. The number of amides is 3. The molecule has 0 saturated carbocycles. The van der Waals surface area contributed by atoms with E-state index < -0.39 is 40.1 Å². The molecule has 48 heavy (non-hydrogen) atoms. The molecule has 1 heterocycles. The Morgan fingerprint density at radius 2 is 1.71 bits per heavy atom. The molecule has 0 aliphatic rings. The normalized spacial score (nSPS) is 14.5. The second-order valence-electron chi connectivity index (χ2n) is 12.4. The van der Waals surface area contributed by atoms with Crippen molar-refractivity contribution in [3.8, 4) is 0 Å². The van der Waals surface area contributed by atoms with Crippen molar-refractivity contribution < 1.29 is 28.3 Å². The lowest BCUT2D eigenvalue weighted by atomic mass is 9.96. The number of sulfonamides is 1. The summed E-state index contributed by atoms with van der Waals surface area (Å²) in [6, 6.07) is 12.9. The van der Waals surface area contributed by atoms with Crippen LogP contribution in [0.4, 0.5) is 4.79 Å². The van der Waals surface area contributed by atoms with Crippen LogP contribution in [0.25, 0.3) is 0 Å². The minimum Gasteiger partial charge on any atom is -0.411 e. The van der Waals surface area contributed by atoms with Crippen LogP contribution in [0.15, 0.2) is 70.0 Å². The third-order valence-electron chi connectivity index (χ3n) is 7.96. The first-order chi connectivity index (χ1) is 22.7. The molecule has 4 N–H and O–H groups in total. The van der Waals surface area contributed by atoms with Crippen LogP contribution in [0.3, 0.4) is 0 Å². The lowest BCUT2D eigenvalue weighted by Gasteiger charge is -2.33. The number of carbonyl (C=O) groups excluding carboxylic acids is 2. The lowest BCUT2D eigenvalue weighted by molar-refractivity contribution is -0.125. The smallest absolute Gasteiger partial charge is 0.318 e. The highest BCUT2D eigenvalue weighted by Gasteiger charge is 2.34. The van der Waals surface area contributed by atoms with E-state index in [9.17, 15) is 23.1 Å². The standard InChI is InChI=1S/C34H48N6O6S2/c1-7-24(4)32(38-34(43)39(6)20-28-22-47-25(5)36-28)33(42)37-30(17-26-11-9-8-10-12-26)31(41)21-40(19-23(2)3)48(45,46)29-15-13-27(14-16-29)18-35-44/h8-16,18,22-24,30-32,41,44H,7,17,19-21H2,1-6H3,(H,37,42)(H,38,43)/t24-,30-,31+,32-/m0/s1. The van der Waals surface area contributed by atoms with Gasteiger partial charge in [0.05, 0.1) is 40.5 Å². The van der Waals surface area contributed by atoms with Crippen molar-refractivity contribution in [2.24, 2.45) is 17.0 Å². The van der Waals surface area contributed by atoms with Gasteiger partial charge in [-0.1, -0.05) is 81.7 Å². The fourth-order valence-electron chi connectivity index (χ4n) is 5.12. The Hall–Kier alpha value is -3.85. The molecule has 0 spiro atoms. The number of thiazole rings is 1. The number of carbonyl (C=O) groups is 2. The fourth-order valence-corrected chi connectivity index (χ4v) is 7.35. The summed E-state index contributed by atoms with van der Waals surface area (Å²) < 4.78 is 28.9. The number of nitrogens with zero attached hydrogens (tertiary/aromatic N) is 4. The topological polar surface area (TPSA) is 165 Å². The van der Waals surface area contributed by atoms with Gasteiger partial charge in [0.15, 0.2) is 0 Å². The van der Waals surface area contributed by atoms with Crippen LogP contribution < -0.4 is 10.6 Å². The molecule has 0 fully saturated rings. The minimum absolute atomic E-state index is 0.0190. The van der Waals surface area contributed by atoms with E-state index >= 15 is 0 Å². The number of rotatable bonds is 17. The molecule has 0 bridgehead atoms. The first-order valence-electron chi connectivity index (χ1n) is 16.0. The number of aliphatic hydroxyl groups excluding tert-OH is 1. The van der Waals surface area contributed by atoms with E-state index in [4.69, 9.17) is 5.21 Å². The number of aliphatic hydroxyl groups is 1. The van der Waals surface area contributed by atoms with Crippen LogP contribution in [0.5, 0.6) is 0 Å². The maximum atomic E-state index is 13.9. The molecule has 0 aliphatic carbocycles. The zero-order valence-corrected chi connectivity index (χ0v) is 30.0. The molecule has 0 radical (unpaired) electrons. The molecular formula is C34H48N6O6S2. The molecule has 3 amide bonds. The molecule has 3 aromatic rings. The van der Waals surface area contributed by atoms with Crippen molar-refractivity contribution >= 4 is 39.5 Å². The third kappa shape index (κ3) is 11.1. The molecule has 3 rings (SSSR count). The maximum Gasteiger partial charge on any atom is 0.318 e. The summed E-state index contributed by atoms with van der Waals surface area (Å²) >= 11 is 1.49. The summed E-state index contributed by atoms with van der Waals surface area (Å²) in [7, 11) is -2.42. The highest BCUT2D eigenvalue weighted by atomic mass is 32.2. The van der Waals surface area contributed by atoms with Crippen LogP contribution >= 0.6 is 11.3 Å². The molecule has 4 atom stereocenters. The second-order valence-corrected chi connectivity index (χ2v) is 15.4. The Morgan fingerprint density at radius 1 is 1.04 bits per heavy atom. The molecule has 1 aromatic heterocycles. The van der Waals surface area contributed by atoms with Crippen LogP contribution in [-0.4, -0.2) is 89.4 Å². The van der Waals surface area contributed by atoms with E-state index in [1.54, 1.807) is 7.05 Å². The van der Waals surface area contributed by atoms with Gasteiger partial charge in [0, 0.05) is 25.5 Å². The average molecular weight is 701 g/mol. The Balaban J connectivity index is 1.86. The van der Waals surface area contributed by atoms with Gasteiger partial charge in [-0.05, 0) is 48.4 Å². The quantitative estimate of drug-likeness (QED) is 0.0929.